The number of carbonyl (C=O) groups excluding carboxylic acids is 2. The molecule has 26 heavy (non-hydrogen) atoms. The molecule has 0 saturated heterocycles. The summed E-state index contributed by atoms with van der Waals surface area (Å²) in [6.45, 7) is -0.449. The van der Waals surface area contributed by atoms with E-state index in [1.165, 1.54) is 45.5 Å². The smallest absolute Gasteiger partial charge is 0.338 e. The van der Waals surface area contributed by atoms with E-state index in [1.807, 2.05) is 0 Å². The molecule has 2 rings (SSSR count). The minimum atomic E-state index is -3.67. The standard InChI is InChI=1S/C18H19NO6S/c1-19(2)26(22,23)16-6-4-5-14(11-16)18(21)25-12-17(20)13-7-9-15(24-3)10-8-13/h4-11H,12H2,1-3H3. The van der Waals surface area contributed by atoms with E-state index >= 15 is 0 Å². The van der Waals surface area contributed by atoms with Crippen molar-refractivity contribution in [3.8, 4) is 5.75 Å². The van der Waals surface area contributed by atoms with E-state index in [4.69, 9.17) is 9.47 Å². The number of esters is 1. The molecule has 0 unspecified atom stereocenters. The summed E-state index contributed by atoms with van der Waals surface area (Å²) < 4.78 is 35.3. The summed E-state index contributed by atoms with van der Waals surface area (Å²) in [6, 6.07) is 11.9. The van der Waals surface area contributed by atoms with Gasteiger partial charge in [0.05, 0.1) is 17.6 Å². The Morgan fingerprint density at radius 2 is 1.65 bits per heavy atom. The molecule has 138 valence electrons. The molecule has 0 aliphatic rings. The molecule has 0 bridgehead atoms. The predicted octanol–water partition coefficient (Wildman–Crippen LogP) is 1.99. The van der Waals surface area contributed by atoms with Crippen molar-refractivity contribution < 1.29 is 27.5 Å². The van der Waals surface area contributed by atoms with Crippen molar-refractivity contribution in [1.82, 2.24) is 4.31 Å². The van der Waals surface area contributed by atoms with Crippen molar-refractivity contribution in [1.29, 1.82) is 0 Å². The first-order valence-corrected chi connectivity index (χ1v) is 9.06. The fourth-order valence-electron chi connectivity index (χ4n) is 2.07. The lowest BCUT2D eigenvalue weighted by Gasteiger charge is -2.12. The van der Waals surface area contributed by atoms with Gasteiger partial charge in [0.15, 0.2) is 12.4 Å². The minimum Gasteiger partial charge on any atom is -0.497 e. The van der Waals surface area contributed by atoms with Crippen LogP contribution in [-0.4, -0.2) is 52.3 Å². The second kappa shape index (κ2) is 8.11. The van der Waals surface area contributed by atoms with Gasteiger partial charge in [-0.05, 0) is 42.5 Å². The highest BCUT2D eigenvalue weighted by Gasteiger charge is 2.19. The van der Waals surface area contributed by atoms with Gasteiger partial charge in [0, 0.05) is 19.7 Å². The number of Topliss-reactive ketones (excluding diaryl/α,β-unsaturated/α-hetero) is 1. The van der Waals surface area contributed by atoms with Crippen molar-refractivity contribution in [3.05, 3.63) is 59.7 Å². The van der Waals surface area contributed by atoms with Crippen molar-refractivity contribution in [3.63, 3.8) is 0 Å². The molecule has 0 spiro atoms. The first kappa shape index (κ1) is 19.6. The van der Waals surface area contributed by atoms with Crippen LogP contribution in [-0.2, 0) is 14.8 Å². The van der Waals surface area contributed by atoms with Crippen LogP contribution in [0.15, 0.2) is 53.4 Å². The zero-order chi connectivity index (χ0) is 19.3. The minimum absolute atomic E-state index is 0.0292. The van der Waals surface area contributed by atoms with E-state index in [2.05, 4.69) is 0 Å². The Bertz CT molecular complexity index is 904. The highest BCUT2D eigenvalue weighted by Crippen LogP contribution is 2.16. The second-order valence-corrected chi connectivity index (χ2v) is 7.69. The first-order chi connectivity index (χ1) is 12.3. The van der Waals surface area contributed by atoms with Crippen molar-refractivity contribution in [2.45, 2.75) is 4.90 Å². The normalized spacial score (nSPS) is 11.2. The maximum Gasteiger partial charge on any atom is 0.338 e. The first-order valence-electron chi connectivity index (χ1n) is 7.62. The third-order valence-corrected chi connectivity index (χ3v) is 5.41. The average molecular weight is 377 g/mol. The third kappa shape index (κ3) is 4.47. The van der Waals surface area contributed by atoms with Gasteiger partial charge in [-0.25, -0.2) is 17.5 Å². The molecular weight excluding hydrogens is 358 g/mol. The Balaban J connectivity index is 2.07. The molecule has 0 aliphatic carbocycles. The molecule has 2 aromatic carbocycles. The molecule has 0 aromatic heterocycles. The Kier molecular flexibility index (Phi) is 6.12. The molecular formula is C18H19NO6S. The lowest BCUT2D eigenvalue weighted by atomic mass is 10.1. The number of hydrogen-bond donors (Lipinski definition) is 0. The summed E-state index contributed by atoms with van der Waals surface area (Å²) >= 11 is 0. The van der Waals surface area contributed by atoms with Crippen LogP contribution < -0.4 is 4.74 Å². The molecule has 0 heterocycles. The van der Waals surface area contributed by atoms with Crippen LogP contribution in [0.1, 0.15) is 20.7 Å². The van der Waals surface area contributed by atoms with Gasteiger partial charge in [0.2, 0.25) is 10.0 Å². The lowest BCUT2D eigenvalue weighted by molar-refractivity contribution is 0.0474. The topological polar surface area (TPSA) is 90.0 Å². The van der Waals surface area contributed by atoms with Gasteiger partial charge in [-0.1, -0.05) is 6.07 Å². The summed E-state index contributed by atoms with van der Waals surface area (Å²) in [4.78, 5) is 24.2. The van der Waals surface area contributed by atoms with E-state index < -0.39 is 22.6 Å². The summed E-state index contributed by atoms with van der Waals surface area (Å²) in [6.07, 6.45) is 0. The molecule has 0 saturated carbocycles. The number of sulfonamides is 1. The number of carbonyl (C=O) groups is 2. The maximum atomic E-state index is 12.1. The van der Waals surface area contributed by atoms with Crippen molar-refractivity contribution in [2.75, 3.05) is 27.8 Å². The monoisotopic (exact) mass is 377 g/mol. The molecule has 8 heteroatoms. The molecule has 0 N–H and O–H groups in total. The second-order valence-electron chi connectivity index (χ2n) is 5.54. The zero-order valence-corrected chi connectivity index (χ0v) is 15.4. The maximum absolute atomic E-state index is 12.1. The molecule has 7 nitrogen and oxygen atoms in total. The highest BCUT2D eigenvalue weighted by atomic mass is 32.2. The van der Waals surface area contributed by atoms with Crippen molar-refractivity contribution >= 4 is 21.8 Å². The Morgan fingerprint density at radius 1 is 1.00 bits per heavy atom. The van der Waals surface area contributed by atoms with Crippen molar-refractivity contribution in [2.24, 2.45) is 0 Å². The number of benzene rings is 2. The highest BCUT2D eigenvalue weighted by molar-refractivity contribution is 7.89. The van der Waals surface area contributed by atoms with E-state index in [0.29, 0.717) is 11.3 Å². The van der Waals surface area contributed by atoms with Crippen LogP contribution >= 0.6 is 0 Å². The molecule has 0 radical (unpaired) electrons. The number of methoxy groups -OCH3 is 1. The Labute approximate surface area is 152 Å². The summed E-state index contributed by atoms with van der Waals surface area (Å²) in [5, 5.41) is 0. The van der Waals surface area contributed by atoms with Gasteiger partial charge in [-0.2, -0.15) is 0 Å². The van der Waals surface area contributed by atoms with Crippen LogP contribution in [0.5, 0.6) is 5.75 Å². The van der Waals surface area contributed by atoms with Gasteiger partial charge >= 0.3 is 5.97 Å². The van der Waals surface area contributed by atoms with Gasteiger partial charge in [-0.3, -0.25) is 4.79 Å². The molecule has 2 aromatic rings. The summed E-state index contributed by atoms with van der Waals surface area (Å²) in [5.74, 6) is -0.543. The molecule has 0 aliphatic heterocycles. The lowest BCUT2D eigenvalue weighted by Crippen LogP contribution is -2.22. The molecule has 0 fully saturated rings. The van der Waals surface area contributed by atoms with Gasteiger partial charge in [0.25, 0.3) is 0 Å². The van der Waals surface area contributed by atoms with E-state index in [1.54, 1.807) is 24.3 Å². The van der Waals surface area contributed by atoms with Crippen LogP contribution in [0.2, 0.25) is 0 Å². The van der Waals surface area contributed by atoms with E-state index in [0.717, 1.165) is 4.31 Å². The Morgan fingerprint density at radius 3 is 2.23 bits per heavy atom. The van der Waals surface area contributed by atoms with E-state index in [9.17, 15) is 18.0 Å². The van der Waals surface area contributed by atoms with E-state index in [-0.39, 0.29) is 16.2 Å². The largest absolute Gasteiger partial charge is 0.497 e. The molecule has 0 amide bonds. The van der Waals surface area contributed by atoms with Gasteiger partial charge in [-0.15, -0.1) is 0 Å². The number of ether oxygens (including phenoxy) is 2. The number of ketones is 1. The SMILES string of the molecule is COc1ccc(C(=O)COC(=O)c2cccc(S(=O)(=O)N(C)C)c2)cc1. The van der Waals surface area contributed by atoms with Crippen LogP contribution in [0.3, 0.4) is 0 Å². The van der Waals surface area contributed by atoms with Crippen LogP contribution in [0, 0.1) is 0 Å². The fourth-order valence-corrected chi connectivity index (χ4v) is 3.02. The van der Waals surface area contributed by atoms with Gasteiger partial charge < -0.3 is 9.47 Å². The predicted molar refractivity (Wildman–Crippen MR) is 94.9 cm³/mol. The number of rotatable bonds is 7. The molecule has 0 atom stereocenters. The van der Waals surface area contributed by atoms with Crippen LogP contribution in [0.4, 0.5) is 0 Å². The summed E-state index contributed by atoms with van der Waals surface area (Å²) in [5.41, 5.74) is 0.429. The number of hydrogen-bond acceptors (Lipinski definition) is 6. The van der Waals surface area contributed by atoms with Crippen LogP contribution in [0.25, 0.3) is 0 Å². The Hall–Kier alpha value is -2.71. The third-order valence-electron chi connectivity index (χ3n) is 3.59. The fraction of sp³-hybridized carbons (Fsp3) is 0.222. The zero-order valence-electron chi connectivity index (χ0n) is 14.6. The average Bonchev–Trinajstić information content (AvgIpc) is 2.65. The van der Waals surface area contributed by atoms with Gasteiger partial charge in [0.1, 0.15) is 5.75 Å². The number of nitrogens with zero attached hydrogens (tertiary/aromatic N) is 1. The summed E-state index contributed by atoms with van der Waals surface area (Å²) in [7, 11) is 0.643. The quantitative estimate of drug-likeness (QED) is 0.541.